The van der Waals surface area contributed by atoms with Gasteiger partial charge in [-0.15, -0.1) is 0 Å². The summed E-state index contributed by atoms with van der Waals surface area (Å²) >= 11 is 0. The molecule has 0 bridgehead atoms. The van der Waals surface area contributed by atoms with Crippen molar-refractivity contribution in [1.82, 2.24) is 0 Å². The predicted octanol–water partition coefficient (Wildman–Crippen LogP) is 3.79. The number of carboxylic acid groups (broad SMARTS) is 1. The van der Waals surface area contributed by atoms with Crippen LogP contribution in [0.5, 0.6) is 0 Å². The van der Waals surface area contributed by atoms with Gasteiger partial charge in [-0.3, -0.25) is 0 Å². The molecule has 1 rings (SSSR count). The Kier molecular flexibility index (Phi) is 3.70. The van der Waals surface area contributed by atoms with Gasteiger partial charge in [-0.1, -0.05) is 20.8 Å². The van der Waals surface area contributed by atoms with Crippen LogP contribution in [0.3, 0.4) is 0 Å². The smallest absolute Gasteiger partial charge is 0.450 e. The standard InChI is InChI=1S/C12H14F2O3/c1-12(2,3)8-4-7(5-9(13)6-8)10(14)17-11(15)16/h4-6,10H,1-3H3,(H,15,16). The Morgan fingerprint density at radius 3 is 2.41 bits per heavy atom. The van der Waals surface area contributed by atoms with Gasteiger partial charge in [0.15, 0.2) is 0 Å². The van der Waals surface area contributed by atoms with E-state index in [1.54, 1.807) is 0 Å². The summed E-state index contributed by atoms with van der Waals surface area (Å²) in [6.07, 6.45) is -3.91. The van der Waals surface area contributed by atoms with Crippen LogP contribution in [0.4, 0.5) is 13.6 Å². The zero-order valence-corrected chi connectivity index (χ0v) is 9.83. The number of benzene rings is 1. The van der Waals surface area contributed by atoms with E-state index in [1.165, 1.54) is 12.1 Å². The van der Waals surface area contributed by atoms with Crippen molar-refractivity contribution < 1.29 is 23.4 Å². The Morgan fingerprint density at radius 2 is 1.94 bits per heavy atom. The molecule has 94 valence electrons. The molecule has 0 aliphatic carbocycles. The zero-order chi connectivity index (χ0) is 13.2. The topological polar surface area (TPSA) is 46.5 Å². The van der Waals surface area contributed by atoms with Gasteiger partial charge in [0.05, 0.1) is 0 Å². The van der Waals surface area contributed by atoms with E-state index < -0.39 is 18.3 Å². The minimum Gasteiger partial charge on any atom is -0.450 e. The number of alkyl halides is 1. The average Bonchev–Trinajstić information content (AvgIpc) is 2.14. The molecule has 0 aliphatic rings. The van der Waals surface area contributed by atoms with Gasteiger partial charge in [-0.2, -0.15) is 4.39 Å². The lowest BCUT2D eigenvalue weighted by atomic mass is 9.86. The third kappa shape index (κ3) is 3.69. The summed E-state index contributed by atoms with van der Waals surface area (Å²) in [4.78, 5) is 10.2. The normalized spacial score (nSPS) is 13.2. The Labute approximate surface area is 98.0 Å². The summed E-state index contributed by atoms with van der Waals surface area (Å²) in [5.74, 6) is -0.621. The van der Waals surface area contributed by atoms with Crippen LogP contribution in [-0.2, 0) is 10.2 Å². The largest absolute Gasteiger partial charge is 0.508 e. The van der Waals surface area contributed by atoms with Crippen molar-refractivity contribution in [3.05, 3.63) is 35.1 Å². The van der Waals surface area contributed by atoms with E-state index in [1.807, 2.05) is 20.8 Å². The Bertz CT molecular complexity index is 424. The lowest BCUT2D eigenvalue weighted by Crippen LogP contribution is -2.13. The second-order valence-electron chi connectivity index (χ2n) is 4.72. The molecule has 1 atom stereocenters. The Balaban J connectivity index is 3.09. The van der Waals surface area contributed by atoms with E-state index in [2.05, 4.69) is 4.74 Å². The lowest BCUT2D eigenvalue weighted by Gasteiger charge is -2.20. The summed E-state index contributed by atoms with van der Waals surface area (Å²) in [5.41, 5.74) is 0.0706. The van der Waals surface area contributed by atoms with Crippen LogP contribution < -0.4 is 0 Å². The van der Waals surface area contributed by atoms with E-state index >= 15 is 0 Å². The molecule has 0 fully saturated rings. The van der Waals surface area contributed by atoms with Gasteiger partial charge in [-0.05, 0) is 29.2 Å². The maximum atomic E-state index is 13.4. The van der Waals surface area contributed by atoms with Crippen LogP contribution in [0.25, 0.3) is 0 Å². The van der Waals surface area contributed by atoms with E-state index in [0.717, 1.165) is 6.07 Å². The molecule has 1 aromatic carbocycles. The molecule has 17 heavy (non-hydrogen) atoms. The first-order valence-electron chi connectivity index (χ1n) is 5.05. The molecule has 0 heterocycles. The summed E-state index contributed by atoms with van der Waals surface area (Å²) in [6.45, 7) is 5.53. The monoisotopic (exact) mass is 244 g/mol. The van der Waals surface area contributed by atoms with Gasteiger partial charge in [-0.25, -0.2) is 9.18 Å². The maximum Gasteiger partial charge on any atom is 0.508 e. The van der Waals surface area contributed by atoms with E-state index in [4.69, 9.17) is 5.11 Å². The van der Waals surface area contributed by atoms with Crippen molar-refractivity contribution in [1.29, 1.82) is 0 Å². The van der Waals surface area contributed by atoms with Crippen molar-refractivity contribution in [3.8, 4) is 0 Å². The second-order valence-corrected chi connectivity index (χ2v) is 4.72. The minimum absolute atomic E-state index is 0.141. The molecule has 1 unspecified atom stereocenters. The highest BCUT2D eigenvalue weighted by Crippen LogP contribution is 2.28. The van der Waals surface area contributed by atoms with Gasteiger partial charge >= 0.3 is 6.16 Å². The van der Waals surface area contributed by atoms with Gasteiger partial charge < -0.3 is 9.84 Å². The van der Waals surface area contributed by atoms with E-state index in [0.29, 0.717) is 5.56 Å². The Morgan fingerprint density at radius 1 is 1.35 bits per heavy atom. The highest BCUT2D eigenvalue weighted by Gasteiger charge is 2.20. The molecular weight excluding hydrogens is 230 g/mol. The van der Waals surface area contributed by atoms with E-state index in [-0.39, 0.29) is 11.0 Å². The number of rotatable bonds is 2. The van der Waals surface area contributed by atoms with Gasteiger partial charge in [0, 0.05) is 5.56 Å². The molecule has 0 aromatic heterocycles. The van der Waals surface area contributed by atoms with Crippen molar-refractivity contribution in [3.63, 3.8) is 0 Å². The van der Waals surface area contributed by atoms with Crippen LogP contribution in [0, 0.1) is 5.82 Å². The first-order chi connectivity index (χ1) is 7.70. The summed E-state index contributed by atoms with van der Waals surface area (Å²) in [6, 6.07) is 3.61. The van der Waals surface area contributed by atoms with Gasteiger partial charge in [0.25, 0.3) is 6.36 Å². The molecule has 0 saturated heterocycles. The molecular formula is C12H14F2O3. The fourth-order valence-electron chi connectivity index (χ4n) is 1.33. The third-order valence-electron chi connectivity index (χ3n) is 2.25. The fraction of sp³-hybridized carbons (Fsp3) is 0.417. The van der Waals surface area contributed by atoms with Crippen molar-refractivity contribution >= 4 is 6.16 Å². The van der Waals surface area contributed by atoms with Crippen molar-refractivity contribution in [2.24, 2.45) is 0 Å². The third-order valence-corrected chi connectivity index (χ3v) is 2.25. The molecule has 1 aromatic rings. The summed E-state index contributed by atoms with van der Waals surface area (Å²) < 4.78 is 30.6. The van der Waals surface area contributed by atoms with Crippen LogP contribution in [0.15, 0.2) is 18.2 Å². The van der Waals surface area contributed by atoms with Gasteiger partial charge in [0.1, 0.15) is 5.82 Å². The maximum absolute atomic E-state index is 13.4. The molecule has 5 heteroatoms. The lowest BCUT2D eigenvalue weighted by molar-refractivity contribution is -0.0165. The molecule has 0 aliphatic heterocycles. The highest BCUT2D eigenvalue weighted by molar-refractivity contribution is 5.57. The quantitative estimate of drug-likeness (QED) is 0.805. The highest BCUT2D eigenvalue weighted by atomic mass is 19.1. The fourth-order valence-corrected chi connectivity index (χ4v) is 1.33. The van der Waals surface area contributed by atoms with Crippen molar-refractivity contribution in [2.45, 2.75) is 32.5 Å². The van der Waals surface area contributed by atoms with Crippen LogP contribution in [0.1, 0.15) is 38.3 Å². The molecule has 0 amide bonds. The number of ether oxygens (including phenoxy) is 1. The van der Waals surface area contributed by atoms with Crippen LogP contribution in [0.2, 0.25) is 0 Å². The number of halogens is 2. The molecule has 1 N–H and O–H groups in total. The molecule has 0 radical (unpaired) electrons. The Hall–Kier alpha value is -1.65. The molecule has 0 spiro atoms. The summed E-state index contributed by atoms with van der Waals surface area (Å²) in [7, 11) is 0. The first kappa shape index (κ1) is 13.4. The average molecular weight is 244 g/mol. The molecule has 0 saturated carbocycles. The zero-order valence-electron chi connectivity index (χ0n) is 9.83. The minimum atomic E-state index is -2.18. The van der Waals surface area contributed by atoms with E-state index in [9.17, 15) is 13.6 Å². The number of hydrogen-bond acceptors (Lipinski definition) is 2. The summed E-state index contributed by atoms with van der Waals surface area (Å²) in [5, 5.41) is 8.29. The SMILES string of the molecule is CC(C)(C)c1cc(F)cc(C(F)OC(=O)O)c1. The number of carbonyl (C=O) groups is 1. The first-order valence-corrected chi connectivity index (χ1v) is 5.05. The van der Waals surface area contributed by atoms with Crippen LogP contribution in [-0.4, -0.2) is 11.3 Å². The number of hydrogen-bond donors (Lipinski definition) is 1. The predicted molar refractivity (Wildman–Crippen MR) is 58.1 cm³/mol. The van der Waals surface area contributed by atoms with Crippen LogP contribution >= 0.6 is 0 Å². The van der Waals surface area contributed by atoms with Gasteiger partial charge in [0.2, 0.25) is 0 Å². The van der Waals surface area contributed by atoms with Crippen molar-refractivity contribution in [2.75, 3.05) is 0 Å². The second kappa shape index (κ2) is 4.69. The molecule has 3 nitrogen and oxygen atoms in total.